The topological polar surface area (TPSA) is 41.5 Å². The number of hydrogen-bond donors (Lipinski definition) is 2. The third-order valence-electron chi connectivity index (χ3n) is 0.897. The molecule has 0 saturated heterocycles. The molecule has 0 heterocycles. The van der Waals surface area contributed by atoms with Crippen molar-refractivity contribution in [3.8, 4) is 0 Å². The first-order valence-corrected chi connectivity index (χ1v) is 3.65. The lowest BCUT2D eigenvalue weighted by atomic mass is 10.2. The first kappa shape index (κ1) is 9.88. The molecule has 1 atom stereocenters. The Hall–Kier alpha value is -0.120. The highest BCUT2D eigenvalue weighted by Crippen LogP contribution is 1.89. The number of aliphatic hydroxyl groups excluding tert-OH is 1. The van der Waals surface area contributed by atoms with Gasteiger partial charge in [-0.3, -0.25) is 0 Å². The van der Waals surface area contributed by atoms with Crippen molar-refractivity contribution in [1.82, 2.24) is 5.48 Å². The van der Waals surface area contributed by atoms with Crippen LogP contribution in [0.2, 0.25) is 0 Å². The summed E-state index contributed by atoms with van der Waals surface area (Å²) in [7, 11) is 0. The van der Waals surface area contributed by atoms with Crippen molar-refractivity contribution in [2.75, 3.05) is 13.2 Å². The molecule has 0 radical (unpaired) electrons. The highest BCUT2D eigenvalue weighted by molar-refractivity contribution is 4.44. The Labute approximate surface area is 62.3 Å². The van der Waals surface area contributed by atoms with E-state index < -0.39 is 0 Å². The summed E-state index contributed by atoms with van der Waals surface area (Å²) in [5, 5.41) is 8.78. The molecule has 10 heavy (non-hydrogen) atoms. The van der Waals surface area contributed by atoms with Crippen LogP contribution in [0.15, 0.2) is 0 Å². The maximum absolute atomic E-state index is 8.78. The molecule has 0 aromatic heterocycles. The van der Waals surface area contributed by atoms with Crippen LogP contribution in [0.5, 0.6) is 0 Å². The number of nitrogens with one attached hydrogen (secondary N) is 1. The van der Waals surface area contributed by atoms with E-state index in [-0.39, 0.29) is 6.10 Å². The van der Waals surface area contributed by atoms with E-state index in [1.54, 1.807) is 6.92 Å². The van der Waals surface area contributed by atoms with Gasteiger partial charge in [0.25, 0.3) is 0 Å². The van der Waals surface area contributed by atoms with Crippen molar-refractivity contribution in [3.63, 3.8) is 0 Å². The van der Waals surface area contributed by atoms with Gasteiger partial charge in [0.15, 0.2) is 0 Å². The van der Waals surface area contributed by atoms with Crippen molar-refractivity contribution in [3.05, 3.63) is 0 Å². The predicted octanol–water partition coefficient (Wildman–Crippen LogP) is 0.544. The van der Waals surface area contributed by atoms with E-state index in [0.717, 1.165) is 0 Å². The molecule has 3 nitrogen and oxygen atoms in total. The third-order valence-corrected chi connectivity index (χ3v) is 0.897. The van der Waals surface area contributed by atoms with Crippen LogP contribution < -0.4 is 5.48 Å². The number of rotatable bonds is 5. The van der Waals surface area contributed by atoms with Gasteiger partial charge in [0.1, 0.15) is 0 Å². The van der Waals surface area contributed by atoms with E-state index >= 15 is 0 Å². The molecule has 3 heteroatoms. The van der Waals surface area contributed by atoms with Gasteiger partial charge in [-0.1, -0.05) is 13.8 Å². The highest BCUT2D eigenvalue weighted by atomic mass is 16.6. The van der Waals surface area contributed by atoms with Crippen LogP contribution in [-0.4, -0.2) is 24.4 Å². The molecule has 0 spiro atoms. The first-order chi connectivity index (χ1) is 4.63. The summed E-state index contributed by atoms with van der Waals surface area (Å²) in [4.78, 5) is 5.00. The second-order valence-electron chi connectivity index (χ2n) is 2.90. The lowest BCUT2D eigenvalue weighted by Gasteiger charge is -2.08. The Kier molecular flexibility index (Phi) is 5.58. The molecule has 0 aliphatic heterocycles. The van der Waals surface area contributed by atoms with E-state index in [0.29, 0.717) is 19.1 Å². The monoisotopic (exact) mass is 147 g/mol. The molecule has 0 bridgehead atoms. The van der Waals surface area contributed by atoms with E-state index in [2.05, 4.69) is 19.3 Å². The molecule has 0 amide bonds. The Bertz CT molecular complexity index is 64.0. The number of hydroxylamine groups is 1. The van der Waals surface area contributed by atoms with Gasteiger partial charge in [-0.15, -0.1) is 0 Å². The molecule has 0 fully saturated rings. The largest absolute Gasteiger partial charge is 0.392 e. The molecule has 0 aromatic rings. The van der Waals surface area contributed by atoms with Crippen LogP contribution in [0.25, 0.3) is 0 Å². The van der Waals surface area contributed by atoms with Crippen molar-refractivity contribution in [2.24, 2.45) is 5.92 Å². The zero-order valence-corrected chi connectivity index (χ0v) is 6.92. The van der Waals surface area contributed by atoms with Crippen LogP contribution in [-0.2, 0) is 4.84 Å². The summed E-state index contributed by atoms with van der Waals surface area (Å²) in [6.07, 6.45) is -0.341. The maximum Gasteiger partial charge on any atom is 0.0705 e. The fourth-order valence-electron chi connectivity index (χ4n) is 0.405. The molecule has 0 aliphatic rings. The van der Waals surface area contributed by atoms with Gasteiger partial charge < -0.3 is 9.94 Å². The Balaban J connectivity index is 2.91. The van der Waals surface area contributed by atoms with E-state index in [9.17, 15) is 0 Å². The minimum atomic E-state index is -0.341. The lowest BCUT2D eigenvalue weighted by Crippen LogP contribution is -2.26. The van der Waals surface area contributed by atoms with E-state index in [1.807, 2.05) is 0 Å². The maximum atomic E-state index is 8.78. The number of aliphatic hydroxyl groups is 1. The Morgan fingerprint density at radius 3 is 2.40 bits per heavy atom. The molecule has 2 N–H and O–H groups in total. The van der Waals surface area contributed by atoms with Crippen LogP contribution in [0.4, 0.5) is 0 Å². The summed E-state index contributed by atoms with van der Waals surface area (Å²) in [5.74, 6) is 0.529. The summed E-state index contributed by atoms with van der Waals surface area (Å²) >= 11 is 0. The summed E-state index contributed by atoms with van der Waals surface area (Å²) in [5.41, 5.74) is 2.67. The molecule has 0 saturated carbocycles. The SMILES string of the molecule is CC(C)CONC[C@@H](C)O. The zero-order valence-electron chi connectivity index (χ0n) is 6.92. The average molecular weight is 147 g/mol. The van der Waals surface area contributed by atoms with Gasteiger partial charge in [0, 0.05) is 6.54 Å². The molecular weight excluding hydrogens is 130 g/mol. The van der Waals surface area contributed by atoms with Gasteiger partial charge in [-0.05, 0) is 12.8 Å². The second kappa shape index (κ2) is 5.65. The first-order valence-electron chi connectivity index (χ1n) is 3.65. The fraction of sp³-hybridized carbons (Fsp3) is 1.00. The average Bonchev–Trinajstić information content (AvgIpc) is 1.79. The van der Waals surface area contributed by atoms with Gasteiger partial charge in [0.2, 0.25) is 0 Å². The van der Waals surface area contributed by atoms with Gasteiger partial charge >= 0.3 is 0 Å². The molecule has 0 rings (SSSR count). The van der Waals surface area contributed by atoms with Crippen molar-refractivity contribution in [1.29, 1.82) is 0 Å². The lowest BCUT2D eigenvalue weighted by molar-refractivity contribution is 0.00386. The van der Waals surface area contributed by atoms with Crippen LogP contribution in [0.1, 0.15) is 20.8 Å². The minimum Gasteiger partial charge on any atom is -0.392 e. The van der Waals surface area contributed by atoms with Crippen LogP contribution >= 0.6 is 0 Å². The standard InChI is InChI=1S/C7H17NO2/c1-6(2)5-10-8-4-7(3)9/h6-9H,4-5H2,1-3H3/t7-/m1/s1. The fourth-order valence-corrected chi connectivity index (χ4v) is 0.405. The summed E-state index contributed by atoms with van der Waals surface area (Å²) in [6, 6.07) is 0. The summed E-state index contributed by atoms with van der Waals surface area (Å²) in [6.45, 7) is 7.04. The van der Waals surface area contributed by atoms with Gasteiger partial charge in [0.05, 0.1) is 12.7 Å². The zero-order chi connectivity index (χ0) is 7.98. The van der Waals surface area contributed by atoms with Crippen molar-refractivity contribution >= 4 is 0 Å². The van der Waals surface area contributed by atoms with Crippen molar-refractivity contribution in [2.45, 2.75) is 26.9 Å². The number of hydrogen-bond acceptors (Lipinski definition) is 3. The highest BCUT2D eigenvalue weighted by Gasteiger charge is 1.95. The molecule has 0 aromatic carbocycles. The smallest absolute Gasteiger partial charge is 0.0705 e. The van der Waals surface area contributed by atoms with Gasteiger partial charge in [-0.2, -0.15) is 5.48 Å². The van der Waals surface area contributed by atoms with E-state index in [4.69, 9.17) is 9.94 Å². The van der Waals surface area contributed by atoms with Crippen molar-refractivity contribution < 1.29 is 9.94 Å². The van der Waals surface area contributed by atoms with E-state index in [1.165, 1.54) is 0 Å². The third kappa shape index (κ3) is 7.88. The Morgan fingerprint density at radius 2 is 2.00 bits per heavy atom. The Morgan fingerprint density at radius 1 is 1.40 bits per heavy atom. The molecular formula is C7H17NO2. The molecule has 62 valence electrons. The molecule has 0 aliphatic carbocycles. The minimum absolute atomic E-state index is 0.341. The molecule has 0 unspecified atom stereocenters. The predicted molar refractivity (Wildman–Crippen MR) is 40.5 cm³/mol. The normalized spacial score (nSPS) is 14.1. The summed E-state index contributed by atoms with van der Waals surface area (Å²) < 4.78 is 0. The second-order valence-corrected chi connectivity index (χ2v) is 2.90. The van der Waals surface area contributed by atoms with Crippen LogP contribution in [0.3, 0.4) is 0 Å². The van der Waals surface area contributed by atoms with Crippen LogP contribution in [0, 0.1) is 5.92 Å². The van der Waals surface area contributed by atoms with Gasteiger partial charge in [-0.25, -0.2) is 0 Å². The quantitative estimate of drug-likeness (QED) is 0.440.